The van der Waals surface area contributed by atoms with Crippen LogP contribution in [0.2, 0.25) is 0 Å². The molecular formula is C21H22INO7S. The zero-order valence-electron chi connectivity index (χ0n) is 16.7. The Kier molecular flexibility index (Phi) is 8.13. The molecule has 0 fully saturated rings. The second-order valence-corrected chi connectivity index (χ2v) is 8.43. The van der Waals surface area contributed by atoms with Crippen LogP contribution in [0, 0.1) is 9.49 Å². The number of carbonyl (C=O) groups is 2. The summed E-state index contributed by atoms with van der Waals surface area (Å²) in [6.45, 7) is 2.13. The van der Waals surface area contributed by atoms with Gasteiger partial charge in [-0.3, -0.25) is 10.1 Å². The van der Waals surface area contributed by atoms with E-state index in [9.17, 15) is 14.7 Å². The van der Waals surface area contributed by atoms with E-state index in [0.29, 0.717) is 29.2 Å². The van der Waals surface area contributed by atoms with E-state index in [-0.39, 0.29) is 30.8 Å². The van der Waals surface area contributed by atoms with Crippen molar-refractivity contribution in [3.05, 3.63) is 45.5 Å². The van der Waals surface area contributed by atoms with Gasteiger partial charge in [0.05, 0.1) is 12.4 Å². The lowest BCUT2D eigenvalue weighted by atomic mass is 9.94. The predicted octanol–water partition coefficient (Wildman–Crippen LogP) is 4.51. The molecule has 2 N–H and O–H groups in total. The monoisotopic (exact) mass is 559 g/mol. The maximum atomic E-state index is 12.6. The Hall–Kier alpha value is -2.34. The molecule has 2 aromatic rings. The smallest absolute Gasteiger partial charge is 0.412 e. The molecule has 0 aromatic heterocycles. The third-order valence-electron chi connectivity index (χ3n) is 4.63. The van der Waals surface area contributed by atoms with Crippen LogP contribution < -0.4 is 14.8 Å². The second kappa shape index (κ2) is 10.8. The van der Waals surface area contributed by atoms with Crippen LogP contribution in [0.4, 0.5) is 10.5 Å². The van der Waals surface area contributed by atoms with Crippen molar-refractivity contribution < 1.29 is 33.6 Å². The molecule has 1 aliphatic heterocycles. The number of anilines is 1. The minimum Gasteiger partial charge on any atom is -0.508 e. The van der Waals surface area contributed by atoms with E-state index in [1.165, 1.54) is 0 Å². The summed E-state index contributed by atoms with van der Waals surface area (Å²) in [6.07, 6.45) is -1.04. The number of thiol groups is 1. The second-order valence-electron chi connectivity index (χ2n) is 6.87. The quantitative estimate of drug-likeness (QED) is 0.249. The van der Waals surface area contributed by atoms with E-state index in [4.69, 9.17) is 18.9 Å². The molecule has 10 heteroatoms. The average molecular weight is 559 g/mol. The number of esters is 1. The molecule has 0 unspecified atom stereocenters. The first-order valence-corrected chi connectivity index (χ1v) is 11.2. The highest BCUT2D eigenvalue weighted by Gasteiger charge is 2.27. The standard InChI is InChI=1S/C21H22INO7S/c1-12(6-7-27-19(25)10-31)20(15-8-13(22)2-4-16(15)24)30-21(26)23-14-3-5-17-18(9-14)29-11-28-17/h2-5,8-9,12,20,24,31H,6-7,10-11H2,1H3,(H,23,26)/t12-,20-/m0/s1. The summed E-state index contributed by atoms with van der Waals surface area (Å²) < 4.78 is 22.2. The Morgan fingerprint density at radius 3 is 2.77 bits per heavy atom. The summed E-state index contributed by atoms with van der Waals surface area (Å²) in [5.74, 6) is 0.462. The lowest BCUT2D eigenvalue weighted by Gasteiger charge is -2.25. The number of hydrogen-bond donors (Lipinski definition) is 3. The first-order valence-electron chi connectivity index (χ1n) is 9.49. The largest absolute Gasteiger partial charge is 0.508 e. The lowest BCUT2D eigenvalue weighted by Crippen LogP contribution is -2.23. The summed E-state index contributed by atoms with van der Waals surface area (Å²) in [7, 11) is 0. The number of phenols is 1. The predicted molar refractivity (Wildman–Crippen MR) is 125 cm³/mol. The van der Waals surface area contributed by atoms with Crippen molar-refractivity contribution in [1.82, 2.24) is 0 Å². The number of hydrogen-bond acceptors (Lipinski definition) is 8. The normalized spacial score (nSPS) is 13.9. The van der Waals surface area contributed by atoms with E-state index in [1.807, 2.05) is 6.92 Å². The Labute approximate surface area is 198 Å². The van der Waals surface area contributed by atoms with Gasteiger partial charge >= 0.3 is 12.1 Å². The molecule has 0 aliphatic carbocycles. The van der Waals surface area contributed by atoms with Crippen molar-refractivity contribution in [2.24, 2.45) is 5.92 Å². The number of phenolic OH excluding ortho intramolecular Hbond substituents is 1. The topological polar surface area (TPSA) is 103 Å². The number of nitrogens with one attached hydrogen (secondary N) is 1. The SMILES string of the molecule is C[C@@H](CCOC(=O)CS)[C@H](OC(=O)Nc1ccc2c(c1)OCO2)c1cc(I)ccc1O. The van der Waals surface area contributed by atoms with Crippen LogP contribution in [0.5, 0.6) is 17.2 Å². The molecular weight excluding hydrogens is 537 g/mol. The summed E-state index contributed by atoms with van der Waals surface area (Å²) in [6, 6.07) is 10.1. The molecule has 0 saturated carbocycles. The molecule has 8 nitrogen and oxygen atoms in total. The fraction of sp³-hybridized carbons (Fsp3) is 0.333. The van der Waals surface area contributed by atoms with Gasteiger partial charge in [-0.1, -0.05) is 6.92 Å². The Morgan fingerprint density at radius 2 is 2.00 bits per heavy atom. The summed E-state index contributed by atoms with van der Waals surface area (Å²) in [4.78, 5) is 24.0. The number of ether oxygens (including phenoxy) is 4. The van der Waals surface area contributed by atoms with Gasteiger partial charge in [-0.2, -0.15) is 12.6 Å². The number of amides is 1. The van der Waals surface area contributed by atoms with Crippen LogP contribution in [0.1, 0.15) is 25.0 Å². The first kappa shape index (κ1) is 23.3. The van der Waals surface area contributed by atoms with E-state index in [2.05, 4.69) is 40.5 Å². The van der Waals surface area contributed by atoms with Gasteiger partial charge in [-0.05, 0) is 59.3 Å². The Morgan fingerprint density at radius 1 is 1.23 bits per heavy atom. The molecule has 1 aliphatic rings. The zero-order chi connectivity index (χ0) is 22.4. The van der Waals surface area contributed by atoms with E-state index in [0.717, 1.165) is 3.57 Å². The van der Waals surface area contributed by atoms with Gasteiger partial charge < -0.3 is 24.1 Å². The van der Waals surface area contributed by atoms with E-state index < -0.39 is 18.2 Å². The van der Waals surface area contributed by atoms with Crippen LogP contribution in [0.3, 0.4) is 0 Å². The zero-order valence-corrected chi connectivity index (χ0v) is 19.7. The van der Waals surface area contributed by atoms with Crippen LogP contribution >= 0.6 is 35.2 Å². The van der Waals surface area contributed by atoms with Gasteiger partial charge in [0.1, 0.15) is 11.9 Å². The number of benzene rings is 2. The number of rotatable bonds is 8. The molecule has 1 amide bonds. The van der Waals surface area contributed by atoms with Crippen LogP contribution in [0.25, 0.3) is 0 Å². The Balaban J connectivity index is 1.73. The van der Waals surface area contributed by atoms with E-state index in [1.54, 1.807) is 36.4 Å². The van der Waals surface area contributed by atoms with Crippen molar-refractivity contribution in [3.8, 4) is 17.2 Å². The van der Waals surface area contributed by atoms with Crippen molar-refractivity contribution in [3.63, 3.8) is 0 Å². The minimum atomic E-state index is -0.765. The van der Waals surface area contributed by atoms with Gasteiger partial charge in [-0.15, -0.1) is 0 Å². The third-order valence-corrected chi connectivity index (χ3v) is 5.56. The van der Waals surface area contributed by atoms with Gasteiger partial charge in [0.2, 0.25) is 6.79 Å². The molecule has 166 valence electrons. The maximum absolute atomic E-state index is 12.6. The number of halogens is 1. The molecule has 0 radical (unpaired) electrons. The van der Waals surface area contributed by atoms with Gasteiger partial charge in [0.15, 0.2) is 11.5 Å². The number of aromatic hydroxyl groups is 1. The molecule has 31 heavy (non-hydrogen) atoms. The minimum absolute atomic E-state index is 0.0100. The molecule has 1 heterocycles. The van der Waals surface area contributed by atoms with E-state index >= 15 is 0 Å². The van der Waals surface area contributed by atoms with Crippen LogP contribution in [-0.4, -0.2) is 36.3 Å². The van der Waals surface area contributed by atoms with Crippen LogP contribution in [-0.2, 0) is 14.3 Å². The highest BCUT2D eigenvalue weighted by Crippen LogP contribution is 2.37. The lowest BCUT2D eigenvalue weighted by molar-refractivity contribution is -0.141. The summed E-state index contributed by atoms with van der Waals surface area (Å²) in [5, 5.41) is 13.0. The van der Waals surface area contributed by atoms with Crippen molar-refractivity contribution in [2.75, 3.05) is 24.5 Å². The average Bonchev–Trinajstić information content (AvgIpc) is 3.21. The third kappa shape index (κ3) is 6.33. The summed E-state index contributed by atoms with van der Waals surface area (Å²) in [5.41, 5.74) is 0.955. The number of carbonyl (C=O) groups excluding carboxylic acids is 2. The van der Waals surface area contributed by atoms with Crippen LogP contribution in [0.15, 0.2) is 36.4 Å². The highest BCUT2D eigenvalue weighted by molar-refractivity contribution is 14.1. The van der Waals surface area contributed by atoms with Crippen molar-refractivity contribution >= 4 is 53.0 Å². The number of fused-ring (bicyclic) bond motifs is 1. The first-order chi connectivity index (χ1) is 14.9. The van der Waals surface area contributed by atoms with Crippen molar-refractivity contribution in [1.29, 1.82) is 0 Å². The Bertz CT molecular complexity index is 955. The maximum Gasteiger partial charge on any atom is 0.412 e. The fourth-order valence-electron chi connectivity index (χ4n) is 3.03. The van der Waals surface area contributed by atoms with Gasteiger partial charge in [0, 0.05) is 26.8 Å². The molecule has 3 rings (SSSR count). The summed E-state index contributed by atoms with van der Waals surface area (Å²) >= 11 is 6.00. The molecule has 0 saturated heterocycles. The molecule has 0 spiro atoms. The fourth-order valence-corrected chi connectivity index (χ4v) is 3.64. The highest BCUT2D eigenvalue weighted by atomic mass is 127. The molecule has 2 aromatic carbocycles. The van der Waals surface area contributed by atoms with Gasteiger partial charge in [-0.25, -0.2) is 4.79 Å². The molecule has 2 atom stereocenters. The van der Waals surface area contributed by atoms with Crippen molar-refractivity contribution in [2.45, 2.75) is 19.4 Å². The van der Waals surface area contributed by atoms with Gasteiger partial charge in [0.25, 0.3) is 0 Å². The molecule has 0 bridgehead atoms.